The minimum Gasteiger partial charge on any atom is -0.493 e. The summed E-state index contributed by atoms with van der Waals surface area (Å²) in [6.07, 6.45) is 2.70. The number of hydrogen-bond donors (Lipinski definition) is 1. The van der Waals surface area contributed by atoms with Gasteiger partial charge in [0.05, 0.1) is 14.2 Å². The van der Waals surface area contributed by atoms with Crippen LogP contribution in [0.4, 0.5) is 4.79 Å². The van der Waals surface area contributed by atoms with Gasteiger partial charge in [0.25, 0.3) is 0 Å². The SMILES string of the molecule is COc1ccc(-c2[nH]c3cc(C)c(C4=CCN(C(=O)OC(C)(C)C)CC4)cc3c2C)cc1OC. The molecule has 0 fully saturated rings. The van der Waals surface area contributed by atoms with Crippen LogP contribution in [0.15, 0.2) is 36.4 Å². The van der Waals surface area contributed by atoms with E-state index in [1.807, 2.05) is 39.0 Å². The van der Waals surface area contributed by atoms with Crippen LogP contribution in [0.25, 0.3) is 27.7 Å². The predicted molar refractivity (Wildman–Crippen MR) is 137 cm³/mol. The number of methoxy groups -OCH3 is 2. The molecular formula is C28H34N2O4. The third-order valence-corrected chi connectivity index (χ3v) is 6.28. The van der Waals surface area contributed by atoms with Gasteiger partial charge in [-0.05, 0) is 93.6 Å². The smallest absolute Gasteiger partial charge is 0.410 e. The van der Waals surface area contributed by atoms with Gasteiger partial charge in [-0.2, -0.15) is 0 Å². The molecule has 2 heterocycles. The van der Waals surface area contributed by atoms with Gasteiger partial charge in [-0.1, -0.05) is 6.08 Å². The molecule has 1 aliphatic rings. The molecule has 2 aromatic carbocycles. The molecule has 0 unspecified atom stereocenters. The Morgan fingerprint density at radius 3 is 2.38 bits per heavy atom. The molecule has 34 heavy (non-hydrogen) atoms. The normalized spacial score (nSPS) is 14.2. The molecule has 0 atom stereocenters. The lowest BCUT2D eigenvalue weighted by Crippen LogP contribution is -2.39. The van der Waals surface area contributed by atoms with Crippen molar-refractivity contribution in [1.82, 2.24) is 9.88 Å². The molecule has 6 heteroatoms. The highest BCUT2D eigenvalue weighted by Crippen LogP contribution is 2.37. The number of amides is 1. The van der Waals surface area contributed by atoms with E-state index in [4.69, 9.17) is 14.2 Å². The Hall–Kier alpha value is -3.41. The highest BCUT2D eigenvalue weighted by molar-refractivity contribution is 5.94. The number of nitrogens with one attached hydrogen (secondary N) is 1. The van der Waals surface area contributed by atoms with Gasteiger partial charge in [0.2, 0.25) is 0 Å². The summed E-state index contributed by atoms with van der Waals surface area (Å²) in [5.74, 6) is 1.42. The van der Waals surface area contributed by atoms with Crippen LogP contribution >= 0.6 is 0 Å². The summed E-state index contributed by atoms with van der Waals surface area (Å²) in [4.78, 5) is 17.8. The lowest BCUT2D eigenvalue weighted by molar-refractivity contribution is 0.0270. The maximum absolute atomic E-state index is 12.4. The van der Waals surface area contributed by atoms with E-state index in [9.17, 15) is 4.79 Å². The van der Waals surface area contributed by atoms with Crippen molar-refractivity contribution in [2.75, 3.05) is 27.3 Å². The number of carbonyl (C=O) groups excluding carboxylic acids is 1. The number of rotatable bonds is 4. The summed E-state index contributed by atoms with van der Waals surface area (Å²) in [7, 11) is 3.29. The summed E-state index contributed by atoms with van der Waals surface area (Å²) in [5.41, 5.74) is 7.65. The second-order valence-corrected chi connectivity index (χ2v) is 9.81. The number of H-pyrrole nitrogens is 1. The van der Waals surface area contributed by atoms with Crippen LogP contribution in [-0.4, -0.2) is 48.9 Å². The van der Waals surface area contributed by atoms with Gasteiger partial charge in [-0.25, -0.2) is 4.79 Å². The lowest BCUT2D eigenvalue weighted by atomic mass is 9.93. The predicted octanol–water partition coefficient (Wildman–Crippen LogP) is 6.49. The third kappa shape index (κ3) is 4.63. The van der Waals surface area contributed by atoms with Gasteiger partial charge in [0.1, 0.15) is 5.60 Å². The number of aromatic nitrogens is 1. The van der Waals surface area contributed by atoms with E-state index >= 15 is 0 Å². The van der Waals surface area contributed by atoms with Crippen LogP contribution < -0.4 is 9.47 Å². The van der Waals surface area contributed by atoms with Gasteiger partial charge in [-0.15, -0.1) is 0 Å². The molecule has 0 bridgehead atoms. The summed E-state index contributed by atoms with van der Waals surface area (Å²) in [5, 5.41) is 1.20. The molecule has 0 saturated heterocycles. The number of hydrogen-bond acceptors (Lipinski definition) is 4. The molecule has 4 rings (SSSR count). The average Bonchev–Trinajstić information content (AvgIpc) is 3.12. The van der Waals surface area contributed by atoms with Crippen LogP contribution in [-0.2, 0) is 4.74 Å². The Labute approximate surface area is 201 Å². The maximum Gasteiger partial charge on any atom is 0.410 e. The maximum atomic E-state index is 12.4. The summed E-state index contributed by atoms with van der Waals surface area (Å²) in [6.45, 7) is 11.2. The molecule has 1 aliphatic heterocycles. The Morgan fingerprint density at radius 2 is 1.76 bits per heavy atom. The number of fused-ring (bicyclic) bond motifs is 1. The summed E-state index contributed by atoms with van der Waals surface area (Å²) < 4.78 is 16.4. The van der Waals surface area contributed by atoms with Crippen molar-refractivity contribution in [1.29, 1.82) is 0 Å². The molecule has 180 valence electrons. The highest BCUT2D eigenvalue weighted by Gasteiger charge is 2.24. The number of carbonyl (C=O) groups is 1. The molecule has 1 amide bonds. The molecule has 0 aliphatic carbocycles. The quantitative estimate of drug-likeness (QED) is 0.481. The van der Waals surface area contributed by atoms with Crippen LogP contribution in [0.1, 0.15) is 43.9 Å². The Balaban J connectivity index is 1.65. The molecule has 3 aromatic rings. The number of aromatic amines is 1. The van der Waals surface area contributed by atoms with Crippen LogP contribution in [0, 0.1) is 13.8 Å². The number of benzene rings is 2. The monoisotopic (exact) mass is 462 g/mol. The molecule has 6 nitrogen and oxygen atoms in total. The van der Waals surface area contributed by atoms with Crippen LogP contribution in [0.2, 0.25) is 0 Å². The van der Waals surface area contributed by atoms with E-state index in [1.165, 1.54) is 27.6 Å². The van der Waals surface area contributed by atoms with E-state index in [0.717, 1.165) is 23.2 Å². The molecule has 0 radical (unpaired) electrons. The molecular weight excluding hydrogens is 428 g/mol. The Kier molecular flexibility index (Phi) is 6.34. The third-order valence-electron chi connectivity index (χ3n) is 6.28. The van der Waals surface area contributed by atoms with Gasteiger partial charge < -0.3 is 24.1 Å². The van der Waals surface area contributed by atoms with Crippen molar-refractivity contribution in [3.63, 3.8) is 0 Å². The van der Waals surface area contributed by atoms with Crippen molar-refractivity contribution in [3.8, 4) is 22.8 Å². The first-order chi connectivity index (χ1) is 16.1. The topological polar surface area (TPSA) is 63.8 Å². The number of ether oxygens (including phenoxy) is 3. The van der Waals surface area contributed by atoms with Crippen molar-refractivity contribution >= 4 is 22.6 Å². The number of nitrogens with zero attached hydrogens (tertiary/aromatic N) is 1. The zero-order valence-electron chi connectivity index (χ0n) is 21.2. The van der Waals surface area contributed by atoms with Gasteiger partial charge in [0, 0.05) is 35.2 Å². The molecule has 0 saturated carbocycles. The second-order valence-electron chi connectivity index (χ2n) is 9.81. The fourth-order valence-electron chi connectivity index (χ4n) is 4.52. The summed E-state index contributed by atoms with van der Waals surface area (Å²) >= 11 is 0. The standard InChI is InChI=1S/C28H34N2O4/c1-17-14-23-22(18(2)26(29-23)20-8-9-24(32-6)25(15-20)33-7)16-21(17)19-10-12-30(13-11-19)27(31)34-28(3,4)5/h8-10,14-16,29H,11-13H2,1-7H3. The minimum atomic E-state index is -0.486. The minimum absolute atomic E-state index is 0.254. The first kappa shape index (κ1) is 23.7. The Morgan fingerprint density at radius 1 is 1.03 bits per heavy atom. The molecule has 1 aromatic heterocycles. The van der Waals surface area contributed by atoms with E-state index in [1.54, 1.807) is 19.1 Å². The van der Waals surface area contributed by atoms with Crippen molar-refractivity contribution < 1.29 is 19.0 Å². The fourth-order valence-corrected chi connectivity index (χ4v) is 4.52. The van der Waals surface area contributed by atoms with Crippen molar-refractivity contribution in [3.05, 3.63) is 53.1 Å². The van der Waals surface area contributed by atoms with E-state index in [0.29, 0.717) is 24.6 Å². The summed E-state index contributed by atoms with van der Waals surface area (Å²) in [6, 6.07) is 10.5. The van der Waals surface area contributed by atoms with Crippen LogP contribution in [0.5, 0.6) is 11.5 Å². The highest BCUT2D eigenvalue weighted by atomic mass is 16.6. The van der Waals surface area contributed by atoms with Gasteiger partial charge >= 0.3 is 6.09 Å². The van der Waals surface area contributed by atoms with Crippen LogP contribution in [0.3, 0.4) is 0 Å². The van der Waals surface area contributed by atoms with Crippen molar-refractivity contribution in [2.45, 2.75) is 46.6 Å². The van der Waals surface area contributed by atoms with Gasteiger partial charge in [0.15, 0.2) is 11.5 Å². The van der Waals surface area contributed by atoms with E-state index in [2.05, 4.69) is 37.0 Å². The first-order valence-electron chi connectivity index (χ1n) is 11.6. The fraction of sp³-hybridized carbons (Fsp3) is 0.393. The van der Waals surface area contributed by atoms with Gasteiger partial charge in [-0.3, -0.25) is 0 Å². The van der Waals surface area contributed by atoms with Crippen molar-refractivity contribution in [2.24, 2.45) is 0 Å². The largest absolute Gasteiger partial charge is 0.493 e. The van der Waals surface area contributed by atoms with E-state index in [-0.39, 0.29) is 6.09 Å². The second kappa shape index (κ2) is 9.09. The molecule has 1 N–H and O–H groups in total. The number of aryl methyl sites for hydroxylation is 2. The zero-order chi connectivity index (χ0) is 24.6. The Bertz CT molecular complexity index is 1260. The average molecular weight is 463 g/mol. The lowest BCUT2D eigenvalue weighted by Gasteiger charge is -2.30. The zero-order valence-corrected chi connectivity index (χ0v) is 21.2. The first-order valence-corrected chi connectivity index (χ1v) is 11.6. The van der Waals surface area contributed by atoms with E-state index < -0.39 is 5.60 Å². The molecule has 0 spiro atoms.